The number of nitrogens with two attached hydrogens (primary N) is 1. The maximum Gasteiger partial charge on any atom is 0.241 e. The van der Waals surface area contributed by atoms with E-state index in [2.05, 4.69) is 5.32 Å². The highest BCUT2D eigenvalue weighted by Gasteiger charge is 2.13. The molecule has 4 nitrogen and oxygen atoms in total. The van der Waals surface area contributed by atoms with Gasteiger partial charge in [0.15, 0.2) is 0 Å². The topological polar surface area (TPSA) is 64.4 Å². The van der Waals surface area contributed by atoms with Gasteiger partial charge in [-0.05, 0) is 42.7 Å². The summed E-state index contributed by atoms with van der Waals surface area (Å²) in [5.41, 5.74) is 8.67. The molecule has 3 N–H and O–H groups in total. The molecule has 1 atom stereocenters. The van der Waals surface area contributed by atoms with E-state index in [4.69, 9.17) is 10.5 Å². The Bertz CT molecular complexity index is 641. The second kappa shape index (κ2) is 8.34. The minimum absolute atomic E-state index is 0.145. The van der Waals surface area contributed by atoms with Gasteiger partial charge in [-0.1, -0.05) is 43.7 Å². The Morgan fingerprint density at radius 3 is 2.61 bits per heavy atom. The number of hydrogen-bond donors (Lipinski definition) is 2. The van der Waals surface area contributed by atoms with E-state index in [1.807, 2.05) is 62.4 Å². The number of nitrogens with one attached hydrogen (secondary N) is 1. The molecule has 0 saturated heterocycles. The Morgan fingerprint density at radius 2 is 1.96 bits per heavy atom. The van der Waals surface area contributed by atoms with Gasteiger partial charge < -0.3 is 15.8 Å². The minimum atomic E-state index is -0.464. The average Bonchev–Trinajstić information content (AvgIpc) is 2.56. The Kier molecular flexibility index (Phi) is 6.18. The summed E-state index contributed by atoms with van der Waals surface area (Å²) in [5, 5.41) is 2.88. The molecular weight excluding hydrogens is 288 g/mol. The van der Waals surface area contributed by atoms with Crippen molar-refractivity contribution in [3.63, 3.8) is 0 Å². The van der Waals surface area contributed by atoms with E-state index in [0.717, 1.165) is 29.0 Å². The van der Waals surface area contributed by atoms with Crippen molar-refractivity contribution in [3.8, 4) is 5.75 Å². The molecule has 0 spiro atoms. The molecule has 0 saturated carbocycles. The fourth-order valence-corrected chi connectivity index (χ4v) is 2.27. The van der Waals surface area contributed by atoms with Gasteiger partial charge in [-0.15, -0.1) is 0 Å². The monoisotopic (exact) mass is 312 g/mol. The first-order valence-electron chi connectivity index (χ1n) is 7.94. The van der Waals surface area contributed by atoms with Gasteiger partial charge in [0.1, 0.15) is 12.4 Å². The summed E-state index contributed by atoms with van der Waals surface area (Å²) in [6, 6.07) is 15.2. The van der Waals surface area contributed by atoms with Gasteiger partial charge in [0.05, 0.1) is 6.04 Å². The lowest BCUT2D eigenvalue weighted by Gasteiger charge is -2.14. The predicted octanol–water partition coefficient (Wildman–Crippen LogP) is 3.64. The lowest BCUT2D eigenvalue weighted by atomic mass is 10.1. The first-order valence-corrected chi connectivity index (χ1v) is 7.94. The van der Waals surface area contributed by atoms with Crippen LogP contribution in [0.25, 0.3) is 0 Å². The van der Waals surface area contributed by atoms with Crippen molar-refractivity contribution >= 4 is 11.6 Å². The molecule has 0 bridgehead atoms. The number of hydrogen-bond acceptors (Lipinski definition) is 3. The fourth-order valence-electron chi connectivity index (χ4n) is 2.27. The molecule has 23 heavy (non-hydrogen) atoms. The molecule has 2 aromatic rings. The number of anilines is 1. The van der Waals surface area contributed by atoms with E-state index in [0.29, 0.717) is 13.0 Å². The Labute approximate surface area is 137 Å². The van der Waals surface area contributed by atoms with Crippen molar-refractivity contribution in [2.45, 2.75) is 39.3 Å². The van der Waals surface area contributed by atoms with Crippen LogP contribution in [0.5, 0.6) is 5.75 Å². The fraction of sp³-hybridized carbons (Fsp3) is 0.316. The number of amides is 1. The van der Waals surface area contributed by atoms with Crippen LogP contribution in [-0.2, 0) is 11.4 Å². The standard InChI is InChI=1S/C19H24N2O2/c1-3-7-17(20)19(22)21-18-11-10-16(12-14(18)2)23-13-15-8-5-4-6-9-15/h4-6,8-12,17H,3,7,13,20H2,1-2H3,(H,21,22). The number of rotatable bonds is 7. The molecule has 1 unspecified atom stereocenters. The number of ether oxygens (including phenoxy) is 1. The van der Waals surface area contributed by atoms with Crippen molar-refractivity contribution < 1.29 is 9.53 Å². The first kappa shape index (κ1) is 17.0. The Hall–Kier alpha value is -2.33. The van der Waals surface area contributed by atoms with E-state index < -0.39 is 6.04 Å². The third kappa shape index (κ3) is 5.11. The summed E-state index contributed by atoms with van der Waals surface area (Å²) in [6.45, 7) is 4.47. The molecular formula is C19H24N2O2. The van der Waals surface area contributed by atoms with Crippen molar-refractivity contribution in [3.05, 3.63) is 59.7 Å². The van der Waals surface area contributed by atoms with Crippen LogP contribution in [0.4, 0.5) is 5.69 Å². The third-order valence-corrected chi connectivity index (χ3v) is 3.64. The summed E-state index contributed by atoms with van der Waals surface area (Å²) >= 11 is 0. The van der Waals surface area contributed by atoms with E-state index in [9.17, 15) is 4.79 Å². The van der Waals surface area contributed by atoms with E-state index in [1.165, 1.54) is 0 Å². The van der Waals surface area contributed by atoms with Crippen molar-refractivity contribution in [1.29, 1.82) is 0 Å². The highest BCUT2D eigenvalue weighted by Crippen LogP contribution is 2.22. The van der Waals surface area contributed by atoms with Gasteiger partial charge in [0.2, 0.25) is 5.91 Å². The SMILES string of the molecule is CCCC(N)C(=O)Nc1ccc(OCc2ccccc2)cc1C. The van der Waals surface area contributed by atoms with Crippen LogP contribution < -0.4 is 15.8 Å². The van der Waals surface area contributed by atoms with Crippen LogP contribution in [-0.4, -0.2) is 11.9 Å². The highest BCUT2D eigenvalue weighted by molar-refractivity contribution is 5.95. The zero-order valence-corrected chi connectivity index (χ0v) is 13.7. The van der Waals surface area contributed by atoms with Gasteiger partial charge in [0.25, 0.3) is 0 Å². The molecule has 0 heterocycles. The summed E-state index contributed by atoms with van der Waals surface area (Å²) in [6.07, 6.45) is 1.57. The van der Waals surface area contributed by atoms with E-state index in [1.54, 1.807) is 0 Å². The lowest BCUT2D eigenvalue weighted by molar-refractivity contribution is -0.117. The molecule has 0 aliphatic rings. The van der Waals surface area contributed by atoms with Gasteiger partial charge in [-0.25, -0.2) is 0 Å². The Morgan fingerprint density at radius 1 is 1.22 bits per heavy atom. The van der Waals surface area contributed by atoms with Crippen LogP contribution in [0.1, 0.15) is 30.9 Å². The number of aryl methyl sites for hydroxylation is 1. The Balaban J connectivity index is 1.96. The predicted molar refractivity (Wildman–Crippen MR) is 93.5 cm³/mol. The summed E-state index contributed by atoms with van der Waals surface area (Å²) in [7, 11) is 0. The number of carbonyl (C=O) groups is 1. The quantitative estimate of drug-likeness (QED) is 0.820. The van der Waals surface area contributed by atoms with Gasteiger partial charge in [-0.2, -0.15) is 0 Å². The normalized spacial score (nSPS) is 11.8. The summed E-state index contributed by atoms with van der Waals surface area (Å²) in [4.78, 5) is 12.0. The number of benzene rings is 2. The van der Waals surface area contributed by atoms with Crippen LogP contribution >= 0.6 is 0 Å². The van der Waals surface area contributed by atoms with E-state index >= 15 is 0 Å². The maximum absolute atomic E-state index is 12.0. The molecule has 2 aromatic carbocycles. The highest BCUT2D eigenvalue weighted by atomic mass is 16.5. The molecule has 4 heteroatoms. The zero-order chi connectivity index (χ0) is 16.7. The van der Waals surface area contributed by atoms with Gasteiger partial charge in [0, 0.05) is 5.69 Å². The van der Waals surface area contributed by atoms with Crippen molar-refractivity contribution in [2.24, 2.45) is 5.73 Å². The first-order chi connectivity index (χ1) is 11.1. The van der Waals surface area contributed by atoms with Crippen molar-refractivity contribution in [2.75, 3.05) is 5.32 Å². The van der Waals surface area contributed by atoms with E-state index in [-0.39, 0.29) is 5.91 Å². The summed E-state index contributed by atoms with van der Waals surface area (Å²) in [5.74, 6) is 0.634. The molecule has 0 aromatic heterocycles. The second-order valence-electron chi connectivity index (χ2n) is 5.64. The third-order valence-electron chi connectivity index (χ3n) is 3.64. The molecule has 0 fully saturated rings. The van der Waals surface area contributed by atoms with Crippen LogP contribution in [0.3, 0.4) is 0 Å². The van der Waals surface area contributed by atoms with Gasteiger partial charge in [-0.3, -0.25) is 4.79 Å². The molecule has 1 amide bonds. The van der Waals surface area contributed by atoms with Crippen LogP contribution in [0.15, 0.2) is 48.5 Å². The molecule has 0 radical (unpaired) electrons. The van der Waals surface area contributed by atoms with Crippen molar-refractivity contribution in [1.82, 2.24) is 0 Å². The molecule has 2 rings (SSSR count). The van der Waals surface area contributed by atoms with Crippen LogP contribution in [0.2, 0.25) is 0 Å². The number of carbonyl (C=O) groups excluding carboxylic acids is 1. The average molecular weight is 312 g/mol. The zero-order valence-electron chi connectivity index (χ0n) is 13.7. The molecule has 122 valence electrons. The molecule has 0 aliphatic carbocycles. The summed E-state index contributed by atoms with van der Waals surface area (Å²) < 4.78 is 5.78. The van der Waals surface area contributed by atoms with Crippen LogP contribution in [0, 0.1) is 6.92 Å². The van der Waals surface area contributed by atoms with Gasteiger partial charge >= 0.3 is 0 Å². The second-order valence-corrected chi connectivity index (χ2v) is 5.64. The maximum atomic E-state index is 12.0. The lowest BCUT2D eigenvalue weighted by Crippen LogP contribution is -2.35. The minimum Gasteiger partial charge on any atom is -0.489 e. The smallest absolute Gasteiger partial charge is 0.241 e. The largest absolute Gasteiger partial charge is 0.489 e. The molecule has 0 aliphatic heterocycles.